The van der Waals surface area contributed by atoms with Crippen molar-refractivity contribution >= 4 is 17.2 Å². The predicted octanol–water partition coefficient (Wildman–Crippen LogP) is 2.88. The number of aryl methyl sites for hydroxylation is 2. The number of aromatic nitrogens is 1. The topological polar surface area (TPSA) is 42.0 Å². The highest BCUT2D eigenvalue weighted by Gasteiger charge is 2.04. The molecule has 2 rings (SSSR count). The molecule has 0 saturated heterocycles. The first-order valence-corrected chi connectivity index (χ1v) is 7.43. The lowest BCUT2D eigenvalue weighted by Gasteiger charge is -2.04. The number of benzene rings is 1. The SMILES string of the molecule is Cc1csc(CCC(=O)NCCc2ccc(F)cc2)n1. The van der Waals surface area contributed by atoms with Crippen molar-refractivity contribution in [2.45, 2.75) is 26.2 Å². The molecule has 0 aliphatic rings. The molecule has 1 aromatic heterocycles. The summed E-state index contributed by atoms with van der Waals surface area (Å²) < 4.78 is 12.7. The summed E-state index contributed by atoms with van der Waals surface area (Å²) in [6, 6.07) is 6.34. The van der Waals surface area contributed by atoms with Gasteiger partial charge in [0.15, 0.2) is 0 Å². The molecule has 2 aromatic rings. The number of nitrogens with one attached hydrogen (secondary N) is 1. The molecule has 5 heteroatoms. The minimum absolute atomic E-state index is 0.0277. The number of rotatable bonds is 6. The van der Waals surface area contributed by atoms with E-state index < -0.39 is 0 Å². The molecule has 0 bridgehead atoms. The van der Waals surface area contributed by atoms with Gasteiger partial charge in [-0.3, -0.25) is 4.79 Å². The van der Waals surface area contributed by atoms with Crippen LogP contribution in [-0.4, -0.2) is 17.4 Å². The highest BCUT2D eigenvalue weighted by molar-refractivity contribution is 7.09. The third kappa shape index (κ3) is 4.74. The molecule has 0 aliphatic heterocycles. The molecule has 0 fully saturated rings. The van der Waals surface area contributed by atoms with Crippen LogP contribution in [0.4, 0.5) is 4.39 Å². The Balaban J connectivity index is 1.66. The summed E-state index contributed by atoms with van der Waals surface area (Å²) in [6.45, 7) is 2.52. The van der Waals surface area contributed by atoms with E-state index in [0.29, 0.717) is 25.8 Å². The average Bonchev–Trinajstić information content (AvgIpc) is 2.85. The van der Waals surface area contributed by atoms with E-state index in [2.05, 4.69) is 10.3 Å². The molecule has 0 aliphatic carbocycles. The van der Waals surface area contributed by atoms with Crippen LogP contribution in [0.25, 0.3) is 0 Å². The fourth-order valence-electron chi connectivity index (χ4n) is 1.82. The van der Waals surface area contributed by atoms with E-state index in [0.717, 1.165) is 16.3 Å². The number of carbonyl (C=O) groups is 1. The number of carbonyl (C=O) groups excluding carboxylic acids is 1. The average molecular weight is 292 g/mol. The Bertz CT molecular complexity index is 566. The Kier molecular flexibility index (Phi) is 5.24. The maximum atomic E-state index is 12.7. The van der Waals surface area contributed by atoms with Gasteiger partial charge in [0.2, 0.25) is 5.91 Å². The van der Waals surface area contributed by atoms with Crippen molar-refractivity contribution < 1.29 is 9.18 Å². The molecule has 1 N–H and O–H groups in total. The van der Waals surface area contributed by atoms with Gasteiger partial charge in [0, 0.05) is 30.5 Å². The molecule has 0 spiro atoms. The van der Waals surface area contributed by atoms with E-state index in [1.54, 1.807) is 23.5 Å². The fraction of sp³-hybridized carbons (Fsp3) is 0.333. The van der Waals surface area contributed by atoms with Gasteiger partial charge in [-0.2, -0.15) is 0 Å². The first-order valence-electron chi connectivity index (χ1n) is 6.55. The van der Waals surface area contributed by atoms with Crippen LogP contribution in [-0.2, 0) is 17.6 Å². The summed E-state index contributed by atoms with van der Waals surface area (Å²) in [5.74, 6) is -0.212. The molecular weight excluding hydrogens is 275 g/mol. The molecule has 1 aromatic carbocycles. The first-order chi connectivity index (χ1) is 9.63. The number of halogens is 1. The molecule has 106 valence electrons. The van der Waals surface area contributed by atoms with Gasteiger partial charge < -0.3 is 5.32 Å². The lowest BCUT2D eigenvalue weighted by molar-refractivity contribution is -0.121. The minimum Gasteiger partial charge on any atom is -0.356 e. The number of amides is 1. The molecule has 1 amide bonds. The molecule has 0 unspecified atom stereocenters. The van der Waals surface area contributed by atoms with Crippen molar-refractivity contribution in [3.8, 4) is 0 Å². The third-order valence-electron chi connectivity index (χ3n) is 2.88. The second kappa shape index (κ2) is 7.14. The van der Waals surface area contributed by atoms with Crippen LogP contribution in [0.1, 0.15) is 22.7 Å². The largest absolute Gasteiger partial charge is 0.356 e. The zero-order valence-corrected chi connectivity index (χ0v) is 12.2. The zero-order chi connectivity index (χ0) is 14.4. The number of hydrogen-bond donors (Lipinski definition) is 1. The third-order valence-corrected chi connectivity index (χ3v) is 3.91. The van der Waals surface area contributed by atoms with Gasteiger partial charge in [-0.1, -0.05) is 12.1 Å². The Morgan fingerprint density at radius 2 is 2.05 bits per heavy atom. The standard InChI is InChI=1S/C15H17FN2OS/c1-11-10-20-15(18-11)7-6-14(19)17-9-8-12-2-4-13(16)5-3-12/h2-5,10H,6-9H2,1H3,(H,17,19). The molecule has 20 heavy (non-hydrogen) atoms. The van der Waals surface area contributed by atoms with E-state index in [4.69, 9.17) is 0 Å². The van der Waals surface area contributed by atoms with Crippen molar-refractivity contribution in [2.75, 3.05) is 6.54 Å². The van der Waals surface area contributed by atoms with Crippen molar-refractivity contribution in [1.82, 2.24) is 10.3 Å². The lowest BCUT2D eigenvalue weighted by Crippen LogP contribution is -2.25. The number of hydrogen-bond acceptors (Lipinski definition) is 3. The Hall–Kier alpha value is -1.75. The van der Waals surface area contributed by atoms with Gasteiger partial charge in [-0.25, -0.2) is 9.37 Å². The van der Waals surface area contributed by atoms with Gasteiger partial charge in [-0.15, -0.1) is 11.3 Å². The van der Waals surface area contributed by atoms with Crippen LogP contribution >= 0.6 is 11.3 Å². The van der Waals surface area contributed by atoms with E-state index in [1.807, 2.05) is 12.3 Å². The summed E-state index contributed by atoms with van der Waals surface area (Å²) in [7, 11) is 0. The minimum atomic E-state index is -0.239. The highest BCUT2D eigenvalue weighted by atomic mass is 32.1. The van der Waals surface area contributed by atoms with Crippen LogP contribution in [0.5, 0.6) is 0 Å². The fourth-order valence-corrected chi connectivity index (χ4v) is 2.60. The van der Waals surface area contributed by atoms with E-state index in [9.17, 15) is 9.18 Å². The van der Waals surface area contributed by atoms with E-state index in [-0.39, 0.29) is 11.7 Å². The molecule has 0 saturated carbocycles. The van der Waals surface area contributed by atoms with Crippen LogP contribution in [0.3, 0.4) is 0 Å². The van der Waals surface area contributed by atoms with Crippen molar-refractivity contribution in [2.24, 2.45) is 0 Å². The number of nitrogens with zero attached hydrogens (tertiary/aromatic N) is 1. The van der Waals surface area contributed by atoms with Gasteiger partial charge >= 0.3 is 0 Å². The predicted molar refractivity (Wildman–Crippen MR) is 78.3 cm³/mol. The van der Waals surface area contributed by atoms with E-state index >= 15 is 0 Å². The molecule has 0 atom stereocenters. The maximum Gasteiger partial charge on any atom is 0.220 e. The van der Waals surface area contributed by atoms with Crippen LogP contribution < -0.4 is 5.32 Å². The zero-order valence-electron chi connectivity index (χ0n) is 11.4. The van der Waals surface area contributed by atoms with Crippen molar-refractivity contribution in [3.63, 3.8) is 0 Å². The van der Waals surface area contributed by atoms with Crippen LogP contribution in [0.2, 0.25) is 0 Å². The second-order valence-corrected chi connectivity index (χ2v) is 5.55. The van der Waals surface area contributed by atoms with Gasteiger partial charge in [0.1, 0.15) is 5.82 Å². The summed E-state index contributed by atoms with van der Waals surface area (Å²) in [5.41, 5.74) is 2.02. The van der Waals surface area contributed by atoms with Crippen LogP contribution in [0.15, 0.2) is 29.6 Å². The Morgan fingerprint density at radius 3 is 2.70 bits per heavy atom. The van der Waals surface area contributed by atoms with Gasteiger partial charge in [-0.05, 0) is 31.0 Å². The highest BCUT2D eigenvalue weighted by Crippen LogP contribution is 2.10. The first kappa shape index (κ1) is 14.7. The number of thiazole rings is 1. The normalized spacial score (nSPS) is 10.5. The smallest absolute Gasteiger partial charge is 0.220 e. The maximum absolute atomic E-state index is 12.7. The van der Waals surface area contributed by atoms with Crippen molar-refractivity contribution in [3.05, 3.63) is 51.7 Å². The molecule has 1 heterocycles. The Labute approximate surface area is 121 Å². The van der Waals surface area contributed by atoms with Crippen molar-refractivity contribution in [1.29, 1.82) is 0 Å². The van der Waals surface area contributed by atoms with Crippen LogP contribution in [0, 0.1) is 12.7 Å². The summed E-state index contributed by atoms with van der Waals surface area (Å²) in [4.78, 5) is 16.0. The second-order valence-electron chi connectivity index (χ2n) is 4.61. The van der Waals surface area contributed by atoms with Gasteiger partial charge in [0.25, 0.3) is 0 Å². The summed E-state index contributed by atoms with van der Waals surface area (Å²) in [6.07, 6.45) is 1.85. The van der Waals surface area contributed by atoms with E-state index in [1.165, 1.54) is 12.1 Å². The summed E-state index contributed by atoms with van der Waals surface area (Å²) in [5, 5.41) is 5.85. The molecule has 0 radical (unpaired) electrons. The monoisotopic (exact) mass is 292 g/mol. The molecule has 3 nitrogen and oxygen atoms in total. The quantitative estimate of drug-likeness (QED) is 0.889. The summed E-state index contributed by atoms with van der Waals surface area (Å²) >= 11 is 1.59. The van der Waals surface area contributed by atoms with Gasteiger partial charge in [0.05, 0.1) is 5.01 Å². The molecular formula is C15H17FN2OS. The lowest BCUT2D eigenvalue weighted by atomic mass is 10.1. The Morgan fingerprint density at radius 1 is 1.30 bits per heavy atom.